The standard InChI is InChI=1S/C31H29Cl2N5O4/c1-19(26-6-4-5-13-34-26)35-31(40)29-24-17-37(28(18-39)42-3)16-21(14-20-7-10-23(41-2)11-8-20)30(24)38(36-29)27-12-9-22(32)15-25(27)33/h4-15,18-19,39H,16-17H2,1-3H3,(H,35,40)/b21-14+,28-18+. The van der Waals surface area contributed by atoms with Crippen LogP contribution in [0.1, 0.15) is 46.0 Å². The van der Waals surface area contributed by atoms with Gasteiger partial charge in [0.1, 0.15) is 12.0 Å². The quantitative estimate of drug-likeness (QED) is 0.223. The van der Waals surface area contributed by atoms with Crippen LogP contribution in [0.3, 0.4) is 0 Å². The van der Waals surface area contributed by atoms with Crippen molar-refractivity contribution in [2.24, 2.45) is 0 Å². The minimum absolute atomic E-state index is 0.206. The number of benzene rings is 2. The van der Waals surface area contributed by atoms with Crippen molar-refractivity contribution in [1.82, 2.24) is 25.0 Å². The van der Waals surface area contributed by atoms with Gasteiger partial charge in [0, 0.05) is 23.3 Å². The number of hydrogen-bond donors (Lipinski definition) is 2. The predicted molar refractivity (Wildman–Crippen MR) is 163 cm³/mol. The molecule has 42 heavy (non-hydrogen) atoms. The van der Waals surface area contributed by atoms with E-state index < -0.39 is 0 Å². The van der Waals surface area contributed by atoms with Crippen LogP contribution in [0.4, 0.5) is 0 Å². The van der Waals surface area contributed by atoms with Crippen molar-refractivity contribution in [3.8, 4) is 11.4 Å². The van der Waals surface area contributed by atoms with Crippen LogP contribution in [0.25, 0.3) is 17.3 Å². The van der Waals surface area contributed by atoms with Gasteiger partial charge in [-0.15, -0.1) is 0 Å². The number of rotatable bonds is 8. The lowest BCUT2D eigenvalue weighted by molar-refractivity contribution is 0.0930. The van der Waals surface area contributed by atoms with E-state index in [0.717, 1.165) is 23.1 Å². The Balaban J connectivity index is 1.69. The Morgan fingerprint density at radius 1 is 1.10 bits per heavy atom. The molecule has 0 bridgehead atoms. The normalized spacial score (nSPS) is 14.8. The summed E-state index contributed by atoms with van der Waals surface area (Å²) >= 11 is 12.9. The number of fused-ring (bicyclic) bond motifs is 1. The van der Waals surface area contributed by atoms with Crippen molar-refractivity contribution >= 4 is 40.8 Å². The molecule has 5 rings (SSSR count). The van der Waals surface area contributed by atoms with E-state index in [1.165, 1.54) is 7.11 Å². The van der Waals surface area contributed by atoms with Gasteiger partial charge in [0.25, 0.3) is 5.91 Å². The molecule has 2 aromatic heterocycles. The Bertz CT molecular complexity index is 1650. The smallest absolute Gasteiger partial charge is 0.272 e. The molecule has 1 atom stereocenters. The Labute approximate surface area is 253 Å². The Morgan fingerprint density at radius 2 is 1.88 bits per heavy atom. The van der Waals surface area contributed by atoms with Crippen LogP contribution < -0.4 is 10.1 Å². The van der Waals surface area contributed by atoms with Crippen LogP contribution >= 0.6 is 23.2 Å². The first-order chi connectivity index (χ1) is 20.3. The molecule has 0 fully saturated rings. The van der Waals surface area contributed by atoms with Gasteiger partial charge in [-0.25, -0.2) is 4.68 Å². The average molecular weight is 607 g/mol. The summed E-state index contributed by atoms with van der Waals surface area (Å²) in [6.45, 7) is 2.45. The van der Waals surface area contributed by atoms with Gasteiger partial charge in [-0.3, -0.25) is 9.78 Å². The molecule has 9 nitrogen and oxygen atoms in total. The minimum atomic E-state index is -0.383. The molecule has 1 amide bonds. The van der Waals surface area contributed by atoms with Crippen LogP contribution in [0.2, 0.25) is 10.0 Å². The van der Waals surface area contributed by atoms with E-state index in [0.29, 0.717) is 39.2 Å². The molecule has 1 aliphatic rings. The SMILES string of the molecule is CO/C(=C/O)N1C/C(=C\c2ccc(OC)cc2)c2c(c(C(=O)NC(C)c3ccccn3)nn2-c2ccc(Cl)cc2Cl)C1. The lowest BCUT2D eigenvalue weighted by Gasteiger charge is -2.31. The highest BCUT2D eigenvalue weighted by molar-refractivity contribution is 6.35. The topological polar surface area (TPSA) is 102 Å². The summed E-state index contributed by atoms with van der Waals surface area (Å²) in [6.07, 6.45) is 4.58. The number of amides is 1. The highest BCUT2D eigenvalue weighted by Crippen LogP contribution is 2.37. The van der Waals surface area contributed by atoms with Gasteiger partial charge in [0.05, 0.1) is 48.9 Å². The molecule has 0 saturated carbocycles. The van der Waals surface area contributed by atoms with E-state index in [1.54, 1.807) is 36.2 Å². The van der Waals surface area contributed by atoms with Crippen molar-refractivity contribution in [1.29, 1.82) is 0 Å². The molecule has 4 aromatic rings. The molecule has 0 saturated heterocycles. The molecule has 0 spiro atoms. The van der Waals surface area contributed by atoms with E-state index in [4.69, 9.17) is 37.8 Å². The maximum absolute atomic E-state index is 13.8. The maximum Gasteiger partial charge on any atom is 0.272 e. The second-order valence-corrected chi connectivity index (χ2v) is 10.4. The molecule has 1 unspecified atom stereocenters. The number of nitrogens with zero attached hydrogens (tertiary/aromatic N) is 4. The third-order valence-corrected chi connectivity index (χ3v) is 7.46. The van der Waals surface area contributed by atoms with Gasteiger partial charge in [0.15, 0.2) is 5.69 Å². The molecule has 0 radical (unpaired) electrons. The third kappa shape index (κ3) is 5.93. The van der Waals surface area contributed by atoms with Crippen molar-refractivity contribution in [2.45, 2.75) is 19.5 Å². The number of nitrogens with one attached hydrogen (secondary N) is 1. The van der Waals surface area contributed by atoms with Gasteiger partial charge >= 0.3 is 0 Å². The Kier molecular flexibility index (Phi) is 8.70. The van der Waals surface area contributed by atoms with Crippen LogP contribution in [-0.4, -0.2) is 51.4 Å². The fourth-order valence-electron chi connectivity index (χ4n) is 4.87. The number of ether oxygens (including phenoxy) is 2. The van der Waals surface area contributed by atoms with E-state index >= 15 is 0 Å². The van der Waals surface area contributed by atoms with E-state index in [2.05, 4.69) is 10.3 Å². The molecule has 0 aliphatic carbocycles. The fourth-order valence-corrected chi connectivity index (χ4v) is 5.36. The van der Waals surface area contributed by atoms with Gasteiger partial charge in [0.2, 0.25) is 5.88 Å². The summed E-state index contributed by atoms with van der Waals surface area (Å²) < 4.78 is 12.4. The first kappa shape index (κ1) is 29.0. The summed E-state index contributed by atoms with van der Waals surface area (Å²) in [5.41, 5.74) is 4.53. The second-order valence-electron chi connectivity index (χ2n) is 9.60. The highest BCUT2D eigenvalue weighted by atomic mass is 35.5. The molecule has 2 N–H and O–H groups in total. The zero-order chi connectivity index (χ0) is 29.8. The number of pyridine rings is 1. The maximum atomic E-state index is 13.8. The zero-order valence-corrected chi connectivity index (χ0v) is 24.7. The largest absolute Gasteiger partial charge is 0.510 e. The van der Waals surface area contributed by atoms with Crippen LogP contribution in [0.15, 0.2) is 79.0 Å². The van der Waals surface area contributed by atoms with Gasteiger partial charge in [-0.1, -0.05) is 41.4 Å². The third-order valence-electron chi connectivity index (χ3n) is 6.92. The predicted octanol–water partition coefficient (Wildman–Crippen LogP) is 6.43. The molecular formula is C31H29Cl2N5O4. The molecule has 11 heteroatoms. The summed E-state index contributed by atoms with van der Waals surface area (Å²) in [6, 6.07) is 17.9. The van der Waals surface area contributed by atoms with E-state index in [1.807, 2.05) is 60.4 Å². The number of aliphatic hydroxyl groups is 1. The van der Waals surface area contributed by atoms with Crippen LogP contribution in [0.5, 0.6) is 5.75 Å². The number of aromatic nitrogens is 3. The first-order valence-electron chi connectivity index (χ1n) is 13.1. The molecule has 216 valence electrons. The molecule has 2 aromatic carbocycles. The highest BCUT2D eigenvalue weighted by Gasteiger charge is 2.34. The molecular weight excluding hydrogens is 577 g/mol. The number of hydrogen-bond acceptors (Lipinski definition) is 7. The van der Waals surface area contributed by atoms with Crippen molar-refractivity contribution in [2.75, 3.05) is 20.8 Å². The Morgan fingerprint density at radius 3 is 2.52 bits per heavy atom. The summed E-state index contributed by atoms with van der Waals surface area (Å²) in [5, 5.41) is 18.6. The lowest BCUT2D eigenvalue weighted by Crippen LogP contribution is -2.33. The summed E-state index contributed by atoms with van der Waals surface area (Å²) in [5.74, 6) is 0.588. The first-order valence-corrected chi connectivity index (χ1v) is 13.9. The van der Waals surface area contributed by atoms with Crippen molar-refractivity contribution in [3.63, 3.8) is 0 Å². The van der Waals surface area contributed by atoms with E-state index in [9.17, 15) is 9.90 Å². The van der Waals surface area contributed by atoms with Crippen molar-refractivity contribution < 1.29 is 19.4 Å². The van der Waals surface area contributed by atoms with Crippen LogP contribution in [-0.2, 0) is 11.3 Å². The monoisotopic (exact) mass is 605 g/mol. The zero-order valence-electron chi connectivity index (χ0n) is 23.2. The Hall–Kier alpha value is -4.47. The number of aliphatic hydroxyl groups excluding tert-OH is 1. The second kappa shape index (κ2) is 12.6. The fraction of sp³-hybridized carbons (Fsp3) is 0.194. The van der Waals surface area contributed by atoms with E-state index in [-0.39, 0.29) is 30.1 Å². The number of carbonyl (C=O) groups excluding carboxylic acids is 1. The summed E-state index contributed by atoms with van der Waals surface area (Å²) in [4.78, 5) is 20.0. The number of halogens is 2. The molecule has 1 aliphatic heterocycles. The van der Waals surface area contributed by atoms with Crippen LogP contribution in [0, 0.1) is 0 Å². The average Bonchev–Trinajstić information content (AvgIpc) is 3.38. The van der Waals surface area contributed by atoms with Gasteiger partial charge < -0.3 is 24.8 Å². The summed E-state index contributed by atoms with van der Waals surface area (Å²) in [7, 11) is 3.09. The lowest BCUT2D eigenvalue weighted by atomic mass is 9.97. The van der Waals surface area contributed by atoms with Crippen molar-refractivity contribution in [3.05, 3.63) is 117 Å². The van der Waals surface area contributed by atoms with Gasteiger partial charge in [-0.2, -0.15) is 5.10 Å². The number of methoxy groups -OCH3 is 2. The minimum Gasteiger partial charge on any atom is -0.510 e. The van der Waals surface area contributed by atoms with Gasteiger partial charge in [-0.05, 0) is 66.6 Å². The number of carbonyl (C=O) groups is 1. The molecule has 3 heterocycles.